The number of likely N-dealkylation sites (tertiary alicyclic amines) is 1. The van der Waals surface area contributed by atoms with Gasteiger partial charge in [-0.05, 0) is 56.6 Å². The van der Waals surface area contributed by atoms with Gasteiger partial charge >= 0.3 is 6.03 Å². The van der Waals surface area contributed by atoms with Crippen LogP contribution in [0.1, 0.15) is 45.4 Å². The van der Waals surface area contributed by atoms with Crippen LogP contribution in [0.3, 0.4) is 0 Å². The number of aliphatic hydroxyl groups is 1. The number of anilines is 1. The number of piperidine rings is 1. The van der Waals surface area contributed by atoms with Gasteiger partial charge in [-0.2, -0.15) is 0 Å². The Hall–Kier alpha value is -1.59. The average molecular weight is 345 g/mol. The highest BCUT2D eigenvalue weighted by atomic mass is 16.3. The molecule has 1 saturated carbocycles. The number of benzene rings is 1. The van der Waals surface area contributed by atoms with Gasteiger partial charge < -0.3 is 20.6 Å². The molecule has 138 valence electrons. The lowest BCUT2D eigenvalue weighted by molar-refractivity contribution is -0.0394. The number of para-hydroxylation sites is 1. The molecule has 0 atom stereocenters. The second-order valence-corrected chi connectivity index (χ2v) is 7.92. The quantitative estimate of drug-likeness (QED) is 0.785. The van der Waals surface area contributed by atoms with Crippen LogP contribution < -0.4 is 10.6 Å². The van der Waals surface area contributed by atoms with E-state index < -0.39 is 5.60 Å². The highest BCUT2D eigenvalue weighted by Crippen LogP contribution is 2.32. The average Bonchev–Trinajstić information content (AvgIpc) is 2.60. The third kappa shape index (κ3) is 5.44. The highest BCUT2D eigenvalue weighted by molar-refractivity contribution is 5.89. The lowest BCUT2D eigenvalue weighted by atomic mass is 9.79. The molecule has 0 spiro atoms. The molecule has 0 unspecified atom stereocenters. The van der Waals surface area contributed by atoms with Gasteiger partial charge in [-0.3, -0.25) is 0 Å². The largest absolute Gasteiger partial charge is 0.389 e. The normalized spacial score (nSPS) is 28.5. The first-order valence-corrected chi connectivity index (χ1v) is 9.60. The van der Waals surface area contributed by atoms with Gasteiger partial charge in [0.15, 0.2) is 0 Å². The molecule has 2 fully saturated rings. The van der Waals surface area contributed by atoms with Crippen LogP contribution in [0.4, 0.5) is 10.5 Å². The molecule has 0 aromatic heterocycles. The van der Waals surface area contributed by atoms with E-state index >= 15 is 0 Å². The van der Waals surface area contributed by atoms with Crippen molar-refractivity contribution in [2.75, 3.05) is 25.0 Å². The number of nitrogens with one attached hydrogen (secondary N) is 2. The molecule has 2 aliphatic rings. The Balaban J connectivity index is 1.39. The van der Waals surface area contributed by atoms with E-state index in [1.165, 1.54) is 0 Å². The van der Waals surface area contributed by atoms with Crippen molar-refractivity contribution in [3.8, 4) is 0 Å². The molecule has 1 aromatic rings. The SMILES string of the molecule is CC1CCC(O)(CN2CCC(NC(=O)Nc3ccccc3)CC2)CC1. The maximum Gasteiger partial charge on any atom is 0.319 e. The van der Waals surface area contributed by atoms with Gasteiger partial charge in [0.05, 0.1) is 5.60 Å². The molecule has 1 aliphatic carbocycles. The summed E-state index contributed by atoms with van der Waals surface area (Å²) in [6.07, 6.45) is 5.99. The standard InChI is InChI=1S/C20H31N3O2/c1-16-7-11-20(25,12-8-16)15-23-13-9-18(10-14-23)22-19(24)21-17-5-3-2-4-6-17/h2-6,16,18,25H,7-15H2,1H3,(H2,21,22,24). The number of carbonyl (C=O) groups is 1. The molecule has 1 heterocycles. The number of hydrogen-bond donors (Lipinski definition) is 3. The summed E-state index contributed by atoms with van der Waals surface area (Å²) in [4.78, 5) is 14.4. The fourth-order valence-corrected chi connectivity index (χ4v) is 3.98. The summed E-state index contributed by atoms with van der Waals surface area (Å²) in [6.45, 7) is 4.93. The second-order valence-electron chi connectivity index (χ2n) is 7.92. The minimum absolute atomic E-state index is 0.135. The zero-order valence-electron chi connectivity index (χ0n) is 15.2. The first-order valence-electron chi connectivity index (χ1n) is 9.60. The van der Waals surface area contributed by atoms with E-state index in [-0.39, 0.29) is 12.1 Å². The van der Waals surface area contributed by atoms with Crippen molar-refractivity contribution in [2.45, 2.75) is 57.1 Å². The van der Waals surface area contributed by atoms with Gasteiger partial charge in [-0.25, -0.2) is 4.79 Å². The minimum atomic E-state index is -0.503. The monoisotopic (exact) mass is 345 g/mol. The van der Waals surface area contributed by atoms with E-state index in [1.807, 2.05) is 30.3 Å². The first-order chi connectivity index (χ1) is 12.0. The van der Waals surface area contributed by atoms with E-state index in [1.54, 1.807) is 0 Å². The summed E-state index contributed by atoms with van der Waals surface area (Å²) >= 11 is 0. The zero-order chi connectivity index (χ0) is 17.7. The molecule has 3 N–H and O–H groups in total. The van der Waals surface area contributed by atoms with Crippen molar-refractivity contribution in [1.82, 2.24) is 10.2 Å². The predicted octanol–water partition coefficient (Wildman–Crippen LogP) is 3.21. The number of rotatable bonds is 4. The molecule has 25 heavy (non-hydrogen) atoms. The molecule has 0 bridgehead atoms. The molecule has 0 radical (unpaired) electrons. The summed E-state index contributed by atoms with van der Waals surface area (Å²) in [7, 11) is 0. The molecule has 1 aliphatic heterocycles. The number of urea groups is 1. The summed E-state index contributed by atoms with van der Waals surface area (Å²) in [5.74, 6) is 0.748. The Bertz CT molecular complexity index is 547. The van der Waals surface area contributed by atoms with Gasteiger partial charge in [0, 0.05) is 31.4 Å². The van der Waals surface area contributed by atoms with Gasteiger partial charge in [0.1, 0.15) is 0 Å². The molecular weight excluding hydrogens is 314 g/mol. The van der Waals surface area contributed by atoms with Crippen LogP contribution in [0.15, 0.2) is 30.3 Å². The van der Waals surface area contributed by atoms with Crippen molar-refractivity contribution in [1.29, 1.82) is 0 Å². The highest BCUT2D eigenvalue weighted by Gasteiger charge is 2.34. The molecule has 2 amide bonds. The zero-order valence-corrected chi connectivity index (χ0v) is 15.2. The topological polar surface area (TPSA) is 64.6 Å². The van der Waals surface area contributed by atoms with Crippen LogP contribution in [0.5, 0.6) is 0 Å². The fourth-order valence-electron chi connectivity index (χ4n) is 3.98. The Morgan fingerprint density at radius 1 is 1.16 bits per heavy atom. The van der Waals surface area contributed by atoms with Crippen molar-refractivity contribution in [2.24, 2.45) is 5.92 Å². The van der Waals surface area contributed by atoms with E-state index in [4.69, 9.17) is 0 Å². The number of nitrogens with zero attached hydrogens (tertiary/aromatic N) is 1. The number of carbonyl (C=O) groups excluding carboxylic acids is 1. The molecular formula is C20H31N3O2. The van der Waals surface area contributed by atoms with E-state index in [0.29, 0.717) is 0 Å². The summed E-state index contributed by atoms with van der Waals surface area (Å²) in [5, 5.41) is 16.7. The van der Waals surface area contributed by atoms with Crippen molar-refractivity contribution in [3.05, 3.63) is 30.3 Å². The Kier molecular flexibility index (Phi) is 5.97. The maximum absolute atomic E-state index is 12.1. The lowest BCUT2D eigenvalue weighted by Gasteiger charge is -2.41. The Labute approximate surface area is 150 Å². The molecule has 1 saturated heterocycles. The third-order valence-electron chi connectivity index (χ3n) is 5.68. The van der Waals surface area contributed by atoms with Crippen LogP contribution in [0.2, 0.25) is 0 Å². The second kappa shape index (κ2) is 8.19. The van der Waals surface area contributed by atoms with E-state index in [2.05, 4.69) is 22.5 Å². The lowest BCUT2D eigenvalue weighted by Crippen LogP contribution is -2.51. The Morgan fingerprint density at radius 3 is 2.44 bits per heavy atom. The smallest absolute Gasteiger partial charge is 0.319 e. The Morgan fingerprint density at radius 2 is 1.80 bits per heavy atom. The van der Waals surface area contributed by atoms with Crippen molar-refractivity contribution >= 4 is 11.7 Å². The predicted molar refractivity (Wildman–Crippen MR) is 101 cm³/mol. The molecule has 1 aromatic carbocycles. The van der Waals surface area contributed by atoms with Gasteiger partial charge in [0.25, 0.3) is 0 Å². The van der Waals surface area contributed by atoms with E-state index in [9.17, 15) is 9.90 Å². The first kappa shape index (κ1) is 18.2. The van der Waals surface area contributed by atoms with Crippen LogP contribution in [-0.4, -0.2) is 47.3 Å². The van der Waals surface area contributed by atoms with Crippen molar-refractivity contribution < 1.29 is 9.90 Å². The molecule has 5 heteroatoms. The molecule has 5 nitrogen and oxygen atoms in total. The molecule has 3 rings (SSSR count). The van der Waals surface area contributed by atoms with Crippen molar-refractivity contribution in [3.63, 3.8) is 0 Å². The van der Waals surface area contributed by atoms with Crippen LogP contribution in [-0.2, 0) is 0 Å². The van der Waals surface area contributed by atoms with E-state index in [0.717, 1.165) is 69.8 Å². The summed E-state index contributed by atoms with van der Waals surface area (Å²) in [6, 6.07) is 9.59. The van der Waals surface area contributed by atoms with Gasteiger partial charge in [-0.15, -0.1) is 0 Å². The van der Waals surface area contributed by atoms with Crippen LogP contribution in [0.25, 0.3) is 0 Å². The van der Waals surface area contributed by atoms with Crippen LogP contribution >= 0.6 is 0 Å². The minimum Gasteiger partial charge on any atom is -0.389 e. The van der Waals surface area contributed by atoms with Crippen LogP contribution in [0, 0.1) is 5.92 Å². The van der Waals surface area contributed by atoms with Gasteiger partial charge in [0.2, 0.25) is 0 Å². The number of hydrogen-bond acceptors (Lipinski definition) is 3. The summed E-state index contributed by atoms with van der Waals surface area (Å²) < 4.78 is 0. The third-order valence-corrected chi connectivity index (χ3v) is 5.68. The summed E-state index contributed by atoms with van der Waals surface area (Å²) in [5.41, 5.74) is 0.309. The number of β-amino-alcohol motifs (C(OH)–C–C–N with tert-alkyl or cyclic N) is 1. The van der Waals surface area contributed by atoms with Gasteiger partial charge in [-0.1, -0.05) is 25.1 Å². The number of amides is 2. The maximum atomic E-state index is 12.1. The fraction of sp³-hybridized carbons (Fsp3) is 0.650.